The number of nitrogens with two attached hydrogens (primary N) is 1. The standard InChI is InChI=1S/C19H21NO5S2.H3NO/c1-25-14-5-7-15(8-6-14)26-16-9-11-17(12-10-16)27(23,24)20-13-3-2-4-18(20)19(21)22;1-2/h5-12,18H,2-4,13H2,1H3,(H,21,22);2H,1H2. The van der Waals surface area contributed by atoms with Crippen LogP contribution < -0.4 is 10.6 Å². The lowest BCUT2D eigenvalue weighted by molar-refractivity contribution is -0.142. The minimum absolute atomic E-state index is 0.120. The lowest BCUT2D eigenvalue weighted by Gasteiger charge is -2.31. The van der Waals surface area contributed by atoms with Gasteiger partial charge in [0.25, 0.3) is 0 Å². The van der Waals surface area contributed by atoms with Crippen LogP contribution >= 0.6 is 11.8 Å². The lowest BCUT2D eigenvalue weighted by atomic mass is 10.1. The van der Waals surface area contributed by atoms with Crippen molar-refractivity contribution in [1.29, 1.82) is 0 Å². The van der Waals surface area contributed by atoms with Gasteiger partial charge < -0.3 is 15.1 Å². The normalized spacial score (nSPS) is 17.1. The molecule has 3 rings (SSSR count). The van der Waals surface area contributed by atoms with Gasteiger partial charge in [0.2, 0.25) is 10.0 Å². The molecule has 1 aliphatic heterocycles. The second kappa shape index (κ2) is 10.6. The number of benzene rings is 2. The van der Waals surface area contributed by atoms with Gasteiger partial charge in [-0.3, -0.25) is 4.79 Å². The number of rotatable bonds is 6. The zero-order valence-electron chi connectivity index (χ0n) is 15.9. The molecule has 1 unspecified atom stereocenters. The van der Waals surface area contributed by atoms with Gasteiger partial charge in [-0.15, -0.1) is 0 Å². The summed E-state index contributed by atoms with van der Waals surface area (Å²) in [6.07, 6.45) is 1.74. The van der Waals surface area contributed by atoms with Gasteiger partial charge in [-0.25, -0.2) is 14.3 Å². The molecule has 1 aliphatic rings. The van der Waals surface area contributed by atoms with Crippen molar-refractivity contribution in [2.24, 2.45) is 5.90 Å². The molecule has 0 saturated carbocycles. The van der Waals surface area contributed by atoms with Crippen molar-refractivity contribution >= 4 is 27.8 Å². The summed E-state index contributed by atoms with van der Waals surface area (Å²) in [4.78, 5) is 13.5. The van der Waals surface area contributed by atoms with E-state index in [1.54, 1.807) is 19.2 Å². The number of piperidine rings is 1. The van der Waals surface area contributed by atoms with E-state index in [2.05, 4.69) is 5.90 Å². The van der Waals surface area contributed by atoms with Gasteiger partial charge in [-0.1, -0.05) is 11.8 Å². The third-order valence-corrected chi connectivity index (χ3v) is 7.40. The Morgan fingerprint density at radius 1 is 1.07 bits per heavy atom. The number of sulfonamides is 1. The van der Waals surface area contributed by atoms with Gasteiger partial charge in [0.1, 0.15) is 11.8 Å². The molecule has 0 aromatic heterocycles. The zero-order valence-corrected chi connectivity index (χ0v) is 17.5. The maximum atomic E-state index is 12.9. The van der Waals surface area contributed by atoms with Crippen LogP contribution in [0, 0.1) is 0 Å². The lowest BCUT2D eigenvalue weighted by Crippen LogP contribution is -2.47. The number of carboxylic acid groups (broad SMARTS) is 1. The van der Waals surface area contributed by atoms with Gasteiger partial charge in [-0.2, -0.15) is 4.31 Å². The highest BCUT2D eigenvalue weighted by atomic mass is 32.2. The Morgan fingerprint density at radius 2 is 1.62 bits per heavy atom. The van der Waals surface area contributed by atoms with Crippen LogP contribution in [0.15, 0.2) is 63.2 Å². The van der Waals surface area contributed by atoms with Gasteiger partial charge in [0.15, 0.2) is 0 Å². The van der Waals surface area contributed by atoms with Crippen LogP contribution in [0.2, 0.25) is 0 Å². The number of ether oxygens (including phenoxy) is 1. The highest BCUT2D eigenvalue weighted by molar-refractivity contribution is 7.99. The highest BCUT2D eigenvalue weighted by Crippen LogP contribution is 2.31. The summed E-state index contributed by atoms with van der Waals surface area (Å²) in [5, 5.41) is 15.8. The van der Waals surface area contributed by atoms with Gasteiger partial charge in [-0.05, 0) is 67.8 Å². The van der Waals surface area contributed by atoms with E-state index in [1.165, 1.54) is 23.9 Å². The van der Waals surface area contributed by atoms with Gasteiger partial charge in [0, 0.05) is 16.3 Å². The highest BCUT2D eigenvalue weighted by Gasteiger charge is 2.37. The van der Waals surface area contributed by atoms with Crippen molar-refractivity contribution in [1.82, 2.24) is 4.31 Å². The summed E-state index contributed by atoms with van der Waals surface area (Å²) >= 11 is 1.51. The molecule has 0 bridgehead atoms. The fourth-order valence-corrected chi connectivity index (χ4v) is 5.50. The smallest absolute Gasteiger partial charge is 0.322 e. The van der Waals surface area contributed by atoms with Crippen molar-refractivity contribution in [3.05, 3.63) is 48.5 Å². The Balaban J connectivity index is 0.00000145. The van der Waals surface area contributed by atoms with Crippen LogP contribution in [0.4, 0.5) is 0 Å². The number of methoxy groups -OCH3 is 1. The first-order valence-corrected chi connectivity index (χ1v) is 11.1. The Morgan fingerprint density at radius 3 is 2.14 bits per heavy atom. The average molecular weight is 441 g/mol. The first kappa shape index (κ1) is 23.2. The molecular weight excluding hydrogens is 416 g/mol. The third kappa shape index (κ3) is 5.71. The second-order valence-electron chi connectivity index (χ2n) is 6.21. The summed E-state index contributed by atoms with van der Waals surface area (Å²) in [6.45, 7) is 0.238. The summed E-state index contributed by atoms with van der Waals surface area (Å²) in [6, 6.07) is 13.1. The molecule has 1 atom stereocenters. The summed E-state index contributed by atoms with van der Waals surface area (Å²) in [7, 11) is -2.22. The minimum atomic E-state index is -3.83. The van der Waals surface area contributed by atoms with Crippen LogP contribution in [0.5, 0.6) is 5.75 Å². The fourth-order valence-electron chi connectivity index (χ4n) is 3.03. The maximum absolute atomic E-state index is 12.9. The molecule has 8 nitrogen and oxygen atoms in total. The van der Waals surface area contributed by atoms with Crippen LogP contribution in [-0.2, 0) is 14.8 Å². The van der Waals surface area contributed by atoms with Crippen LogP contribution in [-0.4, -0.2) is 48.7 Å². The van der Waals surface area contributed by atoms with Crippen molar-refractivity contribution in [2.45, 2.75) is 40.0 Å². The molecule has 0 spiro atoms. The quantitative estimate of drug-likeness (QED) is 0.585. The molecule has 1 saturated heterocycles. The van der Waals surface area contributed by atoms with Crippen molar-refractivity contribution in [2.75, 3.05) is 13.7 Å². The SMILES string of the molecule is COc1ccc(Sc2ccc(S(=O)(=O)N3CCCCC3C(=O)O)cc2)cc1.NO. The first-order valence-electron chi connectivity index (χ1n) is 8.84. The molecule has 0 radical (unpaired) electrons. The van der Waals surface area contributed by atoms with Gasteiger partial charge in [0.05, 0.1) is 12.0 Å². The maximum Gasteiger partial charge on any atom is 0.322 e. The number of aliphatic carboxylic acids is 1. The van der Waals surface area contributed by atoms with Crippen molar-refractivity contribution in [3.8, 4) is 5.75 Å². The molecule has 2 aromatic carbocycles. The summed E-state index contributed by atoms with van der Waals surface area (Å²) < 4.78 is 32.0. The monoisotopic (exact) mass is 440 g/mol. The zero-order chi connectivity index (χ0) is 21.4. The summed E-state index contributed by atoms with van der Waals surface area (Å²) in [5.74, 6) is 3.18. The minimum Gasteiger partial charge on any atom is -0.497 e. The van der Waals surface area contributed by atoms with E-state index in [0.717, 1.165) is 26.3 Å². The molecule has 0 amide bonds. The molecule has 10 heteroatoms. The Labute approximate surface area is 174 Å². The van der Waals surface area contributed by atoms with Crippen molar-refractivity contribution < 1.29 is 28.3 Å². The first-order chi connectivity index (χ1) is 13.9. The molecule has 0 aliphatic carbocycles. The molecule has 1 heterocycles. The van der Waals surface area contributed by atoms with E-state index in [0.29, 0.717) is 12.8 Å². The van der Waals surface area contributed by atoms with E-state index >= 15 is 0 Å². The largest absolute Gasteiger partial charge is 0.497 e. The van der Waals surface area contributed by atoms with Crippen LogP contribution in [0.3, 0.4) is 0 Å². The van der Waals surface area contributed by atoms with E-state index in [4.69, 9.17) is 9.94 Å². The number of hydrogen-bond donors (Lipinski definition) is 3. The Hall–Kier alpha value is -2.11. The second-order valence-corrected chi connectivity index (χ2v) is 9.25. The van der Waals surface area contributed by atoms with E-state index in [1.807, 2.05) is 24.3 Å². The van der Waals surface area contributed by atoms with E-state index in [-0.39, 0.29) is 11.4 Å². The van der Waals surface area contributed by atoms with Crippen LogP contribution in [0.25, 0.3) is 0 Å². The molecular formula is C19H24N2O6S2. The van der Waals surface area contributed by atoms with E-state index < -0.39 is 22.0 Å². The molecule has 2 aromatic rings. The predicted octanol–water partition coefficient (Wildman–Crippen LogP) is 2.81. The predicted molar refractivity (Wildman–Crippen MR) is 109 cm³/mol. The molecule has 1 fully saturated rings. The number of carbonyl (C=O) groups is 1. The third-order valence-electron chi connectivity index (χ3n) is 4.46. The number of nitrogens with zero attached hydrogens (tertiary/aromatic N) is 1. The Bertz CT molecular complexity index is 901. The molecule has 4 N–H and O–H groups in total. The van der Waals surface area contributed by atoms with Gasteiger partial charge >= 0.3 is 5.97 Å². The molecule has 158 valence electrons. The number of carboxylic acids is 1. The number of hydrogen-bond acceptors (Lipinski definition) is 7. The Kier molecular flexibility index (Phi) is 8.47. The molecule has 29 heavy (non-hydrogen) atoms. The van der Waals surface area contributed by atoms with Crippen molar-refractivity contribution in [3.63, 3.8) is 0 Å². The summed E-state index contributed by atoms with van der Waals surface area (Å²) in [5.41, 5.74) is 0. The topological polar surface area (TPSA) is 130 Å². The fraction of sp³-hybridized carbons (Fsp3) is 0.316. The van der Waals surface area contributed by atoms with Crippen LogP contribution in [0.1, 0.15) is 19.3 Å². The average Bonchev–Trinajstić information content (AvgIpc) is 2.76. The van der Waals surface area contributed by atoms with E-state index in [9.17, 15) is 18.3 Å².